The van der Waals surface area contributed by atoms with Gasteiger partial charge >= 0.3 is 0 Å². The Hall–Kier alpha value is -3.34. The molecular weight excluding hydrogens is 517 g/mol. The topological polar surface area (TPSA) is 97.8 Å². The van der Waals surface area contributed by atoms with Gasteiger partial charge in [-0.1, -0.05) is 12.1 Å². The standard InChI is InChI=1S/C29H34FN5O3S/c1-29(2,3)33-21-8-11-34(12-9-21)16-18-4-5-19-17-35(27(38)22(19)14-18)25(23-15-20(30)6-7-24(23)36)26(37)32-28-31-10-13-39-28/h4-7,10,13-15,21,25,33,36H,8-9,11-12,16-17H2,1-3H3,(H,31,32,37). The number of thiazole rings is 1. The molecular formula is C29H34FN5O3S. The molecule has 3 aromatic rings. The second kappa shape index (κ2) is 11.0. The number of fused-ring (bicyclic) bond motifs is 1. The zero-order valence-electron chi connectivity index (χ0n) is 22.4. The van der Waals surface area contributed by atoms with Gasteiger partial charge in [-0.3, -0.25) is 19.8 Å². The van der Waals surface area contributed by atoms with Gasteiger partial charge in [-0.15, -0.1) is 11.3 Å². The number of aromatic nitrogens is 1. The van der Waals surface area contributed by atoms with Crippen LogP contribution in [-0.4, -0.2) is 56.4 Å². The van der Waals surface area contributed by atoms with Crippen molar-refractivity contribution in [3.63, 3.8) is 0 Å². The van der Waals surface area contributed by atoms with E-state index >= 15 is 0 Å². The summed E-state index contributed by atoms with van der Waals surface area (Å²) < 4.78 is 14.2. The summed E-state index contributed by atoms with van der Waals surface area (Å²) >= 11 is 1.23. The first-order valence-corrected chi connectivity index (χ1v) is 14.1. The average molecular weight is 552 g/mol. The summed E-state index contributed by atoms with van der Waals surface area (Å²) in [6, 6.07) is 8.53. The number of carbonyl (C=O) groups is 2. The van der Waals surface area contributed by atoms with Crippen molar-refractivity contribution in [2.45, 2.75) is 64.3 Å². The number of halogens is 1. The molecule has 39 heavy (non-hydrogen) atoms. The maximum atomic E-state index is 14.2. The van der Waals surface area contributed by atoms with Crippen molar-refractivity contribution >= 4 is 28.3 Å². The molecule has 5 rings (SSSR count). The molecule has 2 aliphatic rings. The lowest BCUT2D eigenvalue weighted by molar-refractivity contribution is -0.120. The van der Waals surface area contributed by atoms with Gasteiger partial charge in [0.05, 0.1) is 0 Å². The summed E-state index contributed by atoms with van der Waals surface area (Å²) in [5.74, 6) is -1.77. The Balaban J connectivity index is 1.34. The average Bonchev–Trinajstić information content (AvgIpc) is 3.50. The van der Waals surface area contributed by atoms with Crippen LogP contribution >= 0.6 is 11.3 Å². The zero-order chi connectivity index (χ0) is 27.7. The summed E-state index contributed by atoms with van der Waals surface area (Å²) in [4.78, 5) is 35.0. The summed E-state index contributed by atoms with van der Waals surface area (Å²) in [6.45, 7) is 9.42. The number of likely N-dealkylation sites (tertiary alicyclic amines) is 1. The van der Waals surface area contributed by atoms with Gasteiger partial charge in [0.15, 0.2) is 5.13 Å². The molecule has 0 bridgehead atoms. The van der Waals surface area contributed by atoms with Crippen molar-refractivity contribution < 1.29 is 19.1 Å². The highest BCUT2D eigenvalue weighted by molar-refractivity contribution is 7.13. The number of piperidine rings is 1. The van der Waals surface area contributed by atoms with Crippen LogP contribution in [0.4, 0.5) is 9.52 Å². The summed E-state index contributed by atoms with van der Waals surface area (Å²) in [5, 5.41) is 19.0. The molecule has 1 saturated heterocycles. The molecule has 1 fully saturated rings. The van der Waals surface area contributed by atoms with E-state index in [0.717, 1.165) is 55.7 Å². The Morgan fingerprint density at radius 1 is 1.21 bits per heavy atom. The number of hydrogen-bond acceptors (Lipinski definition) is 7. The van der Waals surface area contributed by atoms with E-state index in [4.69, 9.17) is 0 Å². The van der Waals surface area contributed by atoms with Crippen molar-refractivity contribution in [1.82, 2.24) is 20.1 Å². The fourth-order valence-electron chi connectivity index (χ4n) is 5.44. The van der Waals surface area contributed by atoms with Gasteiger partial charge in [-0.2, -0.15) is 0 Å². The van der Waals surface area contributed by atoms with Crippen LogP contribution in [0, 0.1) is 5.82 Å². The number of anilines is 1. The third kappa shape index (κ3) is 6.29. The maximum absolute atomic E-state index is 14.2. The molecule has 2 aliphatic heterocycles. The Bertz CT molecular complexity index is 1350. The number of rotatable bonds is 7. The van der Waals surface area contributed by atoms with Crippen LogP contribution in [0.5, 0.6) is 5.75 Å². The Labute approximate surface area is 231 Å². The second-order valence-electron chi connectivity index (χ2n) is 11.3. The normalized spacial score (nSPS) is 17.3. The number of benzene rings is 2. The molecule has 1 unspecified atom stereocenters. The molecule has 0 aliphatic carbocycles. The molecule has 2 aromatic carbocycles. The second-order valence-corrected chi connectivity index (χ2v) is 12.2. The van der Waals surface area contributed by atoms with Crippen LogP contribution in [0.25, 0.3) is 0 Å². The van der Waals surface area contributed by atoms with Gasteiger partial charge < -0.3 is 15.3 Å². The third-order valence-electron chi connectivity index (χ3n) is 7.14. The number of amides is 2. The van der Waals surface area contributed by atoms with Crippen LogP contribution in [0.3, 0.4) is 0 Å². The molecule has 0 saturated carbocycles. The van der Waals surface area contributed by atoms with E-state index in [1.165, 1.54) is 22.3 Å². The molecule has 1 atom stereocenters. The number of nitrogens with one attached hydrogen (secondary N) is 2. The summed E-state index contributed by atoms with van der Waals surface area (Å²) in [5.41, 5.74) is 2.47. The quantitative estimate of drug-likeness (QED) is 0.395. The number of nitrogens with zero attached hydrogens (tertiary/aromatic N) is 3. The minimum atomic E-state index is -1.23. The Morgan fingerprint density at radius 3 is 2.67 bits per heavy atom. The van der Waals surface area contributed by atoms with Crippen molar-refractivity contribution in [3.05, 3.63) is 76.0 Å². The lowest BCUT2D eigenvalue weighted by Crippen LogP contribution is -2.49. The van der Waals surface area contributed by atoms with E-state index in [9.17, 15) is 19.1 Å². The molecule has 10 heteroatoms. The molecule has 0 radical (unpaired) electrons. The smallest absolute Gasteiger partial charge is 0.255 e. The Morgan fingerprint density at radius 2 is 1.97 bits per heavy atom. The van der Waals surface area contributed by atoms with E-state index in [-0.39, 0.29) is 29.3 Å². The van der Waals surface area contributed by atoms with Crippen LogP contribution in [-0.2, 0) is 17.9 Å². The van der Waals surface area contributed by atoms with E-state index in [2.05, 4.69) is 41.3 Å². The minimum Gasteiger partial charge on any atom is -0.508 e. The van der Waals surface area contributed by atoms with E-state index in [0.29, 0.717) is 16.7 Å². The van der Waals surface area contributed by atoms with Gasteiger partial charge in [-0.25, -0.2) is 9.37 Å². The fraction of sp³-hybridized carbons (Fsp3) is 0.414. The lowest BCUT2D eigenvalue weighted by atomic mass is 9.99. The van der Waals surface area contributed by atoms with Gasteiger partial charge in [0.1, 0.15) is 17.6 Å². The number of hydrogen-bond donors (Lipinski definition) is 3. The molecule has 2 amide bonds. The van der Waals surface area contributed by atoms with E-state index < -0.39 is 17.8 Å². The molecule has 1 aromatic heterocycles. The Kier molecular flexibility index (Phi) is 7.70. The fourth-order valence-corrected chi connectivity index (χ4v) is 5.97. The highest BCUT2D eigenvalue weighted by atomic mass is 32.1. The van der Waals surface area contributed by atoms with Gasteiger partial charge in [0.25, 0.3) is 11.8 Å². The zero-order valence-corrected chi connectivity index (χ0v) is 23.2. The van der Waals surface area contributed by atoms with Gasteiger partial charge in [0.2, 0.25) is 0 Å². The number of aromatic hydroxyl groups is 1. The third-order valence-corrected chi connectivity index (χ3v) is 7.83. The SMILES string of the molecule is CC(C)(C)NC1CCN(Cc2ccc3c(c2)C(=O)N(C(C(=O)Nc2nccs2)c2cc(F)ccc2O)C3)CC1. The van der Waals surface area contributed by atoms with Crippen molar-refractivity contribution in [1.29, 1.82) is 0 Å². The molecule has 206 valence electrons. The van der Waals surface area contributed by atoms with Crippen LogP contribution in [0.1, 0.15) is 66.7 Å². The monoisotopic (exact) mass is 551 g/mol. The largest absolute Gasteiger partial charge is 0.508 e. The van der Waals surface area contributed by atoms with E-state index in [1.54, 1.807) is 11.6 Å². The molecule has 3 heterocycles. The number of phenolic OH excluding ortho intramolecular Hbond substituents is 1. The highest BCUT2D eigenvalue weighted by Gasteiger charge is 2.39. The van der Waals surface area contributed by atoms with Crippen molar-refractivity contribution in [2.24, 2.45) is 0 Å². The van der Waals surface area contributed by atoms with Crippen molar-refractivity contribution in [2.75, 3.05) is 18.4 Å². The minimum absolute atomic E-state index is 0.0252. The maximum Gasteiger partial charge on any atom is 0.255 e. The highest BCUT2D eigenvalue weighted by Crippen LogP contribution is 2.37. The van der Waals surface area contributed by atoms with Crippen molar-refractivity contribution in [3.8, 4) is 5.75 Å². The first kappa shape index (κ1) is 27.2. The van der Waals surface area contributed by atoms with Crippen LogP contribution in [0.15, 0.2) is 48.0 Å². The lowest BCUT2D eigenvalue weighted by Gasteiger charge is -2.36. The van der Waals surface area contributed by atoms with Gasteiger partial charge in [-0.05, 0) is 82.1 Å². The van der Waals surface area contributed by atoms with Crippen LogP contribution < -0.4 is 10.6 Å². The summed E-state index contributed by atoms with van der Waals surface area (Å²) in [7, 11) is 0. The predicted octanol–water partition coefficient (Wildman–Crippen LogP) is 4.68. The van der Waals surface area contributed by atoms with Crippen LogP contribution in [0.2, 0.25) is 0 Å². The van der Waals surface area contributed by atoms with Gasteiger partial charge in [0, 0.05) is 47.4 Å². The molecule has 0 spiro atoms. The summed E-state index contributed by atoms with van der Waals surface area (Å²) in [6.07, 6.45) is 3.70. The molecule has 3 N–H and O–H groups in total. The van der Waals surface area contributed by atoms with E-state index in [1.807, 2.05) is 18.2 Å². The number of carbonyl (C=O) groups excluding carboxylic acids is 2. The molecule has 8 nitrogen and oxygen atoms in total. The number of phenols is 1. The first-order chi connectivity index (χ1) is 18.6. The predicted molar refractivity (Wildman–Crippen MR) is 149 cm³/mol. The first-order valence-electron chi connectivity index (χ1n) is 13.2.